The van der Waals surface area contributed by atoms with Gasteiger partial charge in [0.25, 0.3) is 5.91 Å². The van der Waals surface area contributed by atoms with Crippen molar-refractivity contribution in [3.63, 3.8) is 0 Å². The molecule has 0 atom stereocenters. The maximum Gasteiger partial charge on any atom is 0.342 e. The van der Waals surface area contributed by atoms with Gasteiger partial charge in [0.1, 0.15) is 17.1 Å². The van der Waals surface area contributed by atoms with Gasteiger partial charge in [0, 0.05) is 18.3 Å². The van der Waals surface area contributed by atoms with Gasteiger partial charge >= 0.3 is 5.97 Å². The molecule has 1 amide bonds. The second-order valence-electron chi connectivity index (χ2n) is 7.01. The smallest absolute Gasteiger partial charge is 0.342 e. The Hall–Kier alpha value is -3.59. The van der Waals surface area contributed by atoms with Crippen LogP contribution < -0.4 is 14.8 Å². The second-order valence-corrected chi connectivity index (χ2v) is 7.42. The third-order valence-corrected chi connectivity index (χ3v) is 4.82. The van der Waals surface area contributed by atoms with Crippen LogP contribution in [0.1, 0.15) is 35.8 Å². The van der Waals surface area contributed by atoms with Crippen molar-refractivity contribution in [2.45, 2.75) is 19.8 Å². The molecule has 0 fully saturated rings. The van der Waals surface area contributed by atoms with E-state index in [1.54, 1.807) is 23.0 Å². The zero-order valence-corrected chi connectivity index (χ0v) is 18.8. The van der Waals surface area contributed by atoms with Crippen LogP contribution >= 0.6 is 11.6 Å². The third-order valence-electron chi connectivity index (χ3n) is 4.52. The number of anilines is 1. The first-order valence-electron chi connectivity index (χ1n) is 9.73. The van der Waals surface area contributed by atoms with Crippen LogP contribution in [0, 0.1) is 0 Å². The Labute approximate surface area is 190 Å². The van der Waals surface area contributed by atoms with Crippen LogP contribution in [-0.4, -0.2) is 47.5 Å². The van der Waals surface area contributed by atoms with Crippen LogP contribution in [-0.2, 0) is 9.53 Å². The highest BCUT2D eigenvalue weighted by Crippen LogP contribution is 2.35. The van der Waals surface area contributed by atoms with E-state index in [4.69, 9.17) is 25.8 Å². The van der Waals surface area contributed by atoms with E-state index in [9.17, 15) is 9.59 Å². The summed E-state index contributed by atoms with van der Waals surface area (Å²) in [4.78, 5) is 29.4. The van der Waals surface area contributed by atoms with Crippen molar-refractivity contribution in [2.24, 2.45) is 0 Å². The molecule has 0 aliphatic heterocycles. The fourth-order valence-electron chi connectivity index (χ4n) is 3.09. The van der Waals surface area contributed by atoms with Gasteiger partial charge in [-0.3, -0.25) is 4.79 Å². The first-order valence-corrected chi connectivity index (χ1v) is 10.1. The molecule has 2 heterocycles. The van der Waals surface area contributed by atoms with Crippen LogP contribution in [0.3, 0.4) is 0 Å². The molecular weight excluding hydrogens is 436 g/mol. The van der Waals surface area contributed by atoms with E-state index in [0.717, 1.165) is 0 Å². The van der Waals surface area contributed by atoms with E-state index in [0.29, 0.717) is 33.7 Å². The Morgan fingerprint density at radius 3 is 2.53 bits per heavy atom. The van der Waals surface area contributed by atoms with Crippen molar-refractivity contribution >= 4 is 29.2 Å². The number of nitrogens with one attached hydrogen (secondary N) is 1. The fourth-order valence-corrected chi connectivity index (χ4v) is 3.32. The number of nitrogens with zero attached hydrogens (tertiary/aromatic N) is 3. The van der Waals surface area contributed by atoms with Crippen molar-refractivity contribution in [1.29, 1.82) is 0 Å². The molecule has 3 aromatic rings. The minimum Gasteiger partial charge on any atom is -0.495 e. The normalized spacial score (nSPS) is 10.7. The van der Waals surface area contributed by atoms with Gasteiger partial charge in [0.05, 0.1) is 36.8 Å². The molecule has 0 aliphatic rings. The lowest BCUT2D eigenvalue weighted by molar-refractivity contribution is -0.119. The molecule has 0 spiro atoms. The standard InChI is InChI=1S/C22H23ClN4O5/c1-13(2)21-14(11-25-27(21)19-7-5-6-8-24-19)22(29)32-12-20(28)26-16-10-17(30-3)15(23)9-18(16)31-4/h5-11,13H,12H2,1-4H3,(H,26,28). The minimum absolute atomic E-state index is 0.0401. The molecule has 0 unspecified atom stereocenters. The molecule has 0 radical (unpaired) electrons. The third kappa shape index (κ3) is 5.00. The first-order chi connectivity index (χ1) is 15.3. The Balaban J connectivity index is 1.73. The van der Waals surface area contributed by atoms with Crippen molar-refractivity contribution in [3.8, 4) is 17.3 Å². The van der Waals surface area contributed by atoms with Crippen molar-refractivity contribution < 1.29 is 23.8 Å². The average Bonchev–Trinajstić information content (AvgIpc) is 3.24. The van der Waals surface area contributed by atoms with E-state index in [2.05, 4.69) is 15.4 Å². The minimum atomic E-state index is -0.660. The number of amides is 1. The van der Waals surface area contributed by atoms with E-state index < -0.39 is 18.5 Å². The van der Waals surface area contributed by atoms with E-state index in [-0.39, 0.29) is 11.5 Å². The predicted octanol–water partition coefficient (Wildman–Crippen LogP) is 3.86. The summed E-state index contributed by atoms with van der Waals surface area (Å²) in [6.07, 6.45) is 3.06. The van der Waals surface area contributed by atoms with E-state index in [1.165, 1.54) is 32.5 Å². The summed E-state index contributed by atoms with van der Waals surface area (Å²) in [6.45, 7) is 3.36. The Morgan fingerprint density at radius 2 is 1.91 bits per heavy atom. The molecule has 9 nitrogen and oxygen atoms in total. The monoisotopic (exact) mass is 458 g/mol. The number of carbonyl (C=O) groups excluding carboxylic acids is 2. The van der Waals surface area contributed by atoms with Crippen LogP contribution in [0.5, 0.6) is 11.5 Å². The molecule has 10 heteroatoms. The van der Waals surface area contributed by atoms with Crippen LogP contribution in [0.25, 0.3) is 5.82 Å². The molecule has 168 valence electrons. The lowest BCUT2D eigenvalue weighted by Gasteiger charge is -2.14. The Morgan fingerprint density at radius 1 is 1.16 bits per heavy atom. The number of methoxy groups -OCH3 is 2. The highest BCUT2D eigenvalue weighted by atomic mass is 35.5. The first kappa shape index (κ1) is 23.1. The quantitative estimate of drug-likeness (QED) is 0.511. The Bertz CT molecular complexity index is 1120. The summed E-state index contributed by atoms with van der Waals surface area (Å²) in [6, 6.07) is 8.45. The Kier molecular flexibility index (Phi) is 7.32. The van der Waals surface area contributed by atoms with Gasteiger partial charge in [-0.15, -0.1) is 0 Å². The maximum absolute atomic E-state index is 12.7. The van der Waals surface area contributed by atoms with Gasteiger partial charge in [0.15, 0.2) is 12.4 Å². The summed E-state index contributed by atoms with van der Waals surface area (Å²) in [7, 11) is 2.90. The molecule has 0 bridgehead atoms. The van der Waals surface area contributed by atoms with Gasteiger partial charge in [-0.1, -0.05) is 31.5 Å². The van der Waals surface area contributed by atoms with E-state index >= 15 is 0 Å². The number of benzene rings is 1. The van der Waals surface area contributed by atoms with E-state index in [1.807, 2.05) is 19.9 Å². The second kappa shape index (κ2) is 10.1. The summed E-state index contributed by atoms with van der Waals surface area (Å²) >= 11 is 6.07. The summed E-state index contributed by atoms with van der Waals surface area (Å²) < 4.78 is 17.2. The highest BCUT2D eigenvalue weighted by molar-refractivity contribution is 6.32. The highest BCUT2D eigenvalue weighted by Gasteiger charge is 2.23. The number of esters is 1. The van der Waals surface area contributed by atoms with Crippen molar-refractivity contribution in [3.05, 3.63) is 59.0 Å². The number of halogens is 1. The topological polar surface area (TPSA) is 105 Å². The molecule has 1 aromatic carbocycles. The van der Waals surface area contributed by atoms with Crippen molar-refractivity contribution in [2.75, 3.05) is 26.1 Å². The number of aromatic nitrogens is 3. The number of hydrogen-bond donors (Lipinski definition) is 1. The summed E-state index contributed by atoms with van der Waals surface area (Å²) in [5.74, 6) is 0.0341. The molecule has 0 aliphatic carbocycles. The van der Waals surface area contributed by atoms with Gasteiger partial charge in [-0.05, 0) is 18.1 Å². The van der Waals surface area contributed by atoms with Gasteiger partial charge in [-0.25, -0.2) is 14.5 Å². The fraction of sp³-hybridized carbons (Fsp3) is 0.273. The van der Waals surface area contributed by atoms with Gasteiger partial charge in [0.2, 0.25) is 0 Å². The summed E-state index contributed by atoms with van der Waals surface area (Å²) in [5.41, 5.74) is 1.24. The number of ether oxygens (including phenoxy) is 3. The molecule has 0 saturated heterocycles. The molecule has 1 N–H and O–H groups in total. The molecule has 2 aromatic heterocycles. The maximum atomic E-state index is 12.7. The van der Waals surface area contributed by atoms with Crippen LogP contribution in [0.2, 0.25) is 5.02 Å². The number of rotatable bonds is 8. The van der Waals surface area contributed by atoms with Crippen LogP contribution in [0.15, 0.2) is 42.7 Å². The molecule has 0 saturated carbocycles. The molecular formula is C22H23ClN4O5. The molecule has 3 rings (SSSR count). The number of hydrogen-bond acceptors (Lipinski definition) is 7. The largest absolute Gasteiger partial charge is 0.495 e. The van der Waals surface area contributed by atoms with Gasteiger partial charge < -0.3 is 19.5 Å². The predicted molar refractivity (Wildman–Crippen MR) is 119 cm³/mol. The average molecular weight is 459 g/mol. The van der Waals surface area contributed by atoms with Crippen LogP contribution in [0.4, 0.5) is 5.69 Å². The zero-order chi connectivity index (χ0) is 23.3. The van der Waals surface area contributed by atoms with Crippen molar-refractivity contribution in [1.82, 2.24) is 14.8 Å². The summed E-state index contributed by atoms with van der Waals surface area (Å²) in [5, 5.41) is 7.24. The number of carbonyl (C=O) groups is 2. The lowest BCUT2D eigenvalue weighted by Crippen LogP contribution is -2.22. The van der Waals surface area contributed by atoms with Gasteiger partial charge in [-0.2, -0.15) is 5.10 Å². The SMILES string of the molecule is COc1cc(NC(=O)COC(=O)c2cnn(-c3ccccn3)c2C(C)C)c(OC)cc1Cl. The number of pyridine rings is 1. The zero-order valence-electron chi connectivity index (χ0n) is 18.1. The molecule has 32 heavy (non-hydrogen) atoms. The lowest BCUT2D eigenvalue weighted by atomic mass is 10.1.